The third-order valence-electron chi connectivity index (χ3n) is 3.73. The summed E-state index contributed by atoms with van der Waals surface area (Å²) in [7, 11) is 1.50. The molecule has 1 unspecified atom stereocenters. The van der Waals surface area contributed by atoms with Gasteiger partial charge in [0.2, 0.25) is 5.91 Å². The molecule has 0 bridgehead atoms. The highest BCUT2D eigenvalue weighted by Gasteiger charge is 2.23. The molecule has 0 aliphatic rings. The third kappa shape index (κ3) is 5.74. The smallest absolute Gasteiger partial charge is 0.407 e. The number of benzene rings is 2. The fraction of sp³-hybridized carbons (Fsp3) is 0.400. The van der Waals surface area contributed by atoms with Crippen LogP contribution < -0.4 is 10.6 Å². The number of hydrogen-bond donors (Lipinski definition) is 2. The minimum atomic E-state index is -0.596. The molecular weight excluding hydrogens is 332 g/mol. The molecule has 1 atom stereocenters. The van der Waals surface area contributed by atoms with Crippen LogP contribution in [0.5, 0.6) is 0 Å². The lowest BCUT2D eigenvalue weighted by Gasteiger charge is -2.22. The highest BCUT2D eigenvalue weighted by molar-refractivity contribution is 5.88. The van der Waals surface area contributed by atoms with Crippen LogP contribution in [0.15, 0.2) is 42.5 Å². The summed E-state index contributed by atoms with van der Waals surface area (Å²) >= 11 is 0. The third-order valence-corrected chi connectivity index (χ3v) is 3.73. The Labute approximate surface area is 153 Å². The van der Waals surface area contributed by atoms with E-state index in [1.165, 1.54) is 7.11 Å². The molecule has 0 spiro atoms. The predicted octanol–water partition coefficient (Wildman–Crippen LogP) is 3.17. The average Bonchev–Trinajstić information content (AvgIpc) is 2.58. The van der Waals surface area contributed by atoms with Crippen LogP contribution in [-0.2, 0) is 14.3 Å². The van der Waals surface area contributed by atoms with Crippen molar-refractivity contribution >= 4 is 22.8 Å². The van der Waals surface area contributed by atoms with Gasteiger partial charge in [0.25, 0.3) is 0 Å². The second-order valence-electron chi connectivity index (χ2n) is 7.02. The number of carbonyl (C=O) groups excluding carboxylic acids is 2. The Balaban J connectivity index is 2.19. The molecule has 2 N–H and O–H groups in total. The minimum absolute atomic E-state index is 0.107. The maximum absolute atomic E-state index is 12.6. The first-order valence-electron chi connectivity index (χ1n) is 8.52. The van der Waals surface area contributed by atoms with E-state index in [2.05, 4.69) is 10.6 Å². The number of alkyl carbamates (subject to hydrolysis) is 1. The van der Waals surface area contributed by atoms with Gasteiger partial charge in [0, 0.05) is 13.7 Å². The fourth-order valence-corrected chi connectivity index (χ4v) is 2.55. The first-order chi connectivity index (χ1) is 12.3. The molecule has 2 rings (SSSR count). The van der Waals surface area contributed by atoms with Crippen molar-refractivity contribution in [3.05, 3.63) is 48.0 Å². The van der Waals surface area contributed by atoms with Crippen LogP contribution in [0.4, 0.5) is 4.79 Å². The molecule has 0 fully saturated rings. The van der Waals surface area contributed by atoms with Gasteiger partial charge in [-0.1, -0.05) is 42.5 Å². The Morgan fingerprint density at radius 2 is 1.73 bits per heavy atom. The Kier molecular flexibility index (Phi) is 6.58. The van der Waals surface area contributed by atoms with Crippen molar-refractivity contribution in [3.63, 3.8) is 0 Å². The molecule has 0 aliphatic heterocycles. The number of ether oxygens (including phenoxy) is 2. The van der Waals surface area contributed by atoms with Gasteiger partial charge in [0.15, 0.2) is 0 Å². The largest absolute Gasteiger partial charge is 0.444 e. The molecule has 6 heteroatoms. The zero-order chi connectivity index (χ0) is 19.2. The van der Waals surface area contributed by atoms with E-state index in [4.69, 9.17) is 9.47 Å². The molecular formula is C20H26N2O4. The van der Waals surface area contributed by atoms with Gasteiger partial charge < -0.3 is 20.1 Å². The standard InChI is InChI=1S/C20H26N2O4/c1-20(2,3)26-19(24)21-12-17(18(23)22-13-25-4)16-10-9-14-7-5-6-8-15(14)11-16/h5-11,17H,12-13H2,1-4H3,(H,21,24)(H,22,23). The molecule has 0 aliphatic carbocycles. The van der Waals surface area contributed by atoms with Crippen LogP contribution in [0, 0.1) is 0 Å². The number of rotatable bonds is 6. The topological polar surface area (TPSA) is 76.7 Å². The second-order valence-corrected chi connectivity index (χ2v) is 7.02. The summed E-state index contributed by atoms with van der Waals surface area (Å²) in [6.45, 7) is 5.61. The highest BCUT2D eigenvalue weighted by Crippen LogP contribution is 2.22. The summed E-state index contributed by atoms with van der Waals surface area (Å²) in [5, 5.41) is 7.50. The Morgan fingerprint density at radius 3 is 2.38 bits per heavy atom. The highest BCUT2D eigenvalue weighted by atomic mass is 16.6. The number of fused-ring (bicyclic) bond motifs is 1. The number of hydrogen-bond acceptors (Lipinski definition) is 4. The lowest BCUT2D eigenvalue weighted by atomic mass is 9.95. The van der Waals surface area contributed by atoms with Crippen molar-refractivity contribution in [2.45, 2.75) is 32.3 Å². The molecule has 140 valence electrons. The maximum Gasteiger partial charge on any atom is 0.407 e. The summed E-state index contributed by atoms with van der Waals surface area (Å²) < 4.78 is 10.2. The zero-order valence-electron chi connectivity index (χ0n) is 15.7. The van der Waals surface area contributed by atoms with Crippen molar-refractivity contribution in [1.29, 1.82) is 0 Å². The summed E-state index contributed by atoms with van der Waals surface area (Å²) in [5.41, 5.74) is 0.217. The quantitative estimate of drug-likeness (QED) is 0.778. The first kappa shape index (κ1) is 19.7. The van der Waals surface area contributed by atoms with Crippen molar-refractivity contribution in [3.8, 4) is 0 Å². The summed E-state index contributed by atoms with van der Waals surface area (Å²) in [4.78, 5) is 24.5. The van der Waals surface area contributed by atoms with E-state index < -0.39 is 17.6 Å². The van der Waals surface area contributed by atoms with E-state index in [0.29, 0.717) is 0 Å². The van der Waals surface area contributed by atoms with Crippen LogP contribution in [0.2, 0.25) is 0 Å². The van der Waals surface area contributed by atoms with Gasteiger partial charge in [-0.3, -0.25) is 4.79 Å². The van der Waals surface area contributed by atoms with Crippen LogP contribution in [-0.4, -0.2) is 38.0 Å². The molecule has 2 amide bonds. The van der Waals surface area contributed by atoms with Gasteiger partial charge in [-0.05, 0) is 37.1 Å². The second kappa shape index (κ2) is 8.67. The van der Waals surface area contributed by atoms with E-state index in [1.807, 2.05) is 42.5 Å². The summed E-state index contributed by atoms with van der Waals surface area (Å²) in [5.74, 6) is -0.777. The Bertz CT molecular complexity index is 768. The predicted molar refractivity (Wildman–Crippen MR) is 101 cm³/mol. The van der Waals surface area contributed by atoms with E-state index in [1.54, 1.807) is 20.8 Å². The molecule has 0 saturated heterocycles. The molecule has 0 saturated carbocycles. The monoisotopic (exact) mass is 358 g/mol. The number of methoxy groups -OCH3 is 1. The SMILES string of the molecule is COCNC(=O)C(CNC(=O)OC(C)(C)C)c1ccc2ccccc2c1. The van der Waals surface area contributed by atoms with Crippen LogP contribution in [0.3, 0.4) is 0 Å². The maximum atomic E-state index is 12.6. The minimum Gasteiger partial charge on any atom is -0.444 e. The van der Waals surface area contributed by atoms with Gasteiger partial charge in [-0.2, -0.15) is 0 Å². The van der Waals surface area contributed by atoms with Crippen molar-refractivity contribution in [1.82, 2.24) is 10.6 Å². The molecule has 2 aromatic rings. The van der Waals surface area contributed by atoms with Crippen molar-refractivity contribution in [2.75, 3.05) is 20.4 Å². The summed E-state index contributed by atoms with van der Waals surface area (Å²) in [6, 6.07) is 13.7. The molecule has 0 heterocycles. The van der Waals surface area contributed by atoms with Crippen LogP contribution in [0.25, 0.3) is 10.8 Å². The van der Waals surface area contributed by atoms with Crippen LogP contribution >= 0.6 is 0 Å². The fourth-order valence-electron chi connectivity index (χ4n) is 2.55. The molecule has 6 nitrogen and oxygen atoms in total. The Morgan fingerprint density at radius 1 is 1.04 bits per heavy atom. The van der Waals surface area contributed by atoms with Crippen molar-refractivity contribution in [2.24, 2.45) is 0 Å². The van der Waals surface area contributed by atoms with Gasteiger partial charge >= 0.3 is 6.09 Å². The van der Waals surface area contributed by atoms with Gasteiger partial charge in [-0.15, -0.1) is 0 Å². The van der Waals surface area contributed by atoms with Crippen LogP contribution in [0.1, 0.15) is 32.3 Å². The number of amides is 2. The van der Waals surface area contributed by atoms with Gasteiger partial charge in [0.1, 0.15) is 12.3 Å². The normalized spacial score (nSPS) is 12.5. The van der Waals surface area contributed by atoms with E-state index in [0.717, 1.165) is 16.3 Å². The lowest BCUT2D eigenvalue weighted by Crippen LogP contribution is -2.40. The number of nitrogens with one attached hydrogen (secondary N) is 2. The summed E-state index contributed by atoms with van der Waals surface area (Å²) in [6.07, 6.45) is -0.553. The molecule has 0 aromatic heterocycles. The van der Waals surface area contributed by atoms with Gasteiger partial charge in [-0.25, -0.2) is 4.79 Å². The number of carbonyl (C=O) groups is 2. The molecule has 2 aromatic carbocycles. The van der Waals surface area contributed by atoms with E-state index >= 15 is 0 Å². The lowest BCUT2D eigenvalue weighted by molar-refractivity contribution is -0.123. The van der Waals surface area contributed by atoms with E-state index in [9.17, 15) is 9.59 Å². The zero-order valence-corrected chi connectivity index (χ0v) is 15.7. The Hall–Kier alpha value is -2.60. The van der Waals surface area contributed by atoms with E-state index in [-0.39, 0.29) is 19.2 Å². The first-order valence-corrected chi connectivity index (χ1v) is 8.52. The molecule has 26 heavy (non-hydrogen) atoms. The average molecular weight is 358 g/mol. The van der Waals surface area contributed by atoms with Gasteiger partial charge in [0.05, 0.1) is 5.92 Å². The van der Waals surface area contributed by atoms with Crippen molar-refractivity contribution < 1.29 is 19.1 Å². The molecule has 0 radical (unpaired) electrons.